The molecule has 2 aromatic carbocycles. The van der Waals surface area contributed by atoms with Crippen LogP contribution >= 0.6 is 11.6 Å². The maximum absolute atomic E-state index is 14.7. The van der Waals surface area contributed by atoms with E-state index in [1.165, 1.54) is 17.2 Å². The number of hydrogen-bond donors (Lipinski definition) is 2. The number of nitrogens with one attached hydrogen (secondary N) is 1. The molecule has 1 aliphatic carbocycles. The van der Waals surface area contributed by atoms with Gasteiger partial charge in [-0.15, -0.1) is 0 Å². The lowest BCUT2D eigenvalue weighted by atomic mass is 9.94. The molecule has 0 spiro atoms. The van der Waals surface area contributed by atoms with Crippen LogP contribution in [-0.2, 0) is 6.42 Å². The van der Waals surface area contributed by atoms with Gasteiger partial charge in [0.25, 0.3) is 0 Å². The highest BCUT2D eigenvalue weighted by atomic mass is 35.5. The highest BCUT2D eigenvalue weighted by molar-refractivity contribution is 6.31. The second kappa shape index (κ2) is 5.72. The maximum atomic E-state index is 14.7. The quantitative estimate of drug-likeness (QED) is 0.704. The molecule has 0 radical (unpaired) electrons. The molecule has 4 rings (SSSR count). The van der Waals surface area contributed by atoms with Crippen molar-refractivity contribution >= 4 is 11.6 Å². The summed E-state index contributed by atoms with van der Waals surface area (Å²) in [6, 6.07) is 11.2. The summed E-state index contributed by atoms with van der Waals surface area (Å²) in [7, 11) is 0. The Hall–Kier alpha value is -2.17. The zero-order chi connectivity index (χ0) is 16.8. The van der Waals surface area contributed by atoms with Crippen LogP contribution < -0.4 is 5.73 Å². The predicted molar refractivity (Wildman–Crippen MR) is 94.4 cm³/mol. The van der Waals surface area contributed by atoms with Gasteiger partial charge in [0.2, 0.25) is 0 Å². The number of nitrogens with two attached hydrogens (primary N) is 1. The van der Waals surface area contributed by atoms with Crippen LogP contribution in [0.3, 0.4) is 0 Å². The molecule has 5 heteroatoms. The van der Waals surface area contributed by atoms with Crippen molar-refractivity contribution in [1.82, 2.24) is 10.2 Å². The van der Waals surface area contributed by atoms with E-state index in [0.29, 0.717) is 16.3 Å². The van der Waals surface area contributed by atoms with Gasteiger partial charge in [0, 0.05) is 22.3 Å². The van der Waals surface area contributed by atoms with Gasteiger partial charge < -0.3 is 5.73 Å². The molecule has 0 aliphatic heterocycles. The van der Waals surface area contributed by atoms with Gasteiger partial charge in [0.05, 0.1) is 5.69 Å². The Morgan fingerprint density at radius 2 is 2.08 bits per heavy atom. The maximum Gasteiger partial charge on any atom is 0.134 e. The summed E-state index contributed by atoms with van der Waals surface area (Å²) in [4.78, 5) is 0. The van der Waals surface area contributed by atoms with Crippen LogP contribution in [0.1, 0.15) is 29.3 Å². The molecule has 3 nitrogen and oxygen atoms in total. The molecule has 122 valence electrons. The molecule has 1 atom stereocenters. The average Bonchev–Trinajstić information content (AvgIpc) is 3.13. The smallest absolute Gasteiger partial charge is 0.134 e. The van der Waals surface area contributed by atoms with Crippen molar-refractivity contribution in [3.8, 4) is 22.4 Å². The fourth-order valence-electron chi connectivity index (χ4n) is 3.43. The van der Waals surface area contributed by atoms with Gasteiger partial charge >= 0.3 is 0 Å². The Morgan fingerprint density at radius 3 is 2.83 bits per heavy atom. The first-order chi connectivity index (χ1) is 11.5. The molecule has 0 bridgehead atoms. The molecular weight excluding hydrogens is 325 g/mol. The molecule has 24 heavy (non-hydrogen) atoms. The van der Waals surface area contributed by atoms with E-state index < -0.39 is 0 Å². The van der Waals surface area contributed by atoms with Crippen molar-refractivity contribution in [1.29, 1.82) is 0 Å². The highest BCUT2D eigenvalue weighted by Gasteiger charge is 2.21. The van der Waals surface area contributed by atoms with Gasteiger partial charge in [0.1, 0.15) is 5.82 Å². The molecule has 0 amide bonds. The van der Waals surface area contributed by atoms with E-state index in [-0.39, 0.29) is 11.9 Å². The Bertz CT molecular complexity index is 932. The average molecular weight is 342 g/mol. The zero-order valence-corrected chi connectivity index (χ0v) is 14.0. The van der Waals surface area contributed by atoms with Gasteiger partial charge in [-0.3, -0.25) is 5.10 Å². The number of halogens is 2. The molecule has 1 heterocycles. The van der Waals surface area contributed by atoms with Crippen LogP contribution in [-0.4, -0.2) is 10.2 Å². The number of aromatic amines is 1. The van der Waals surface area contributed by atoms with Crippen LogP contribution in [0.2, 0.25) is 5.02 Å². The van der Waals surface area contributed by atoms with Gasteiger partial charge in [-0.2, -0.15) is 5.10 Å². The van der Waals surface area contributed by atoms with Crippen LogP contribution in [0.15, 0.2) is 36.4 Å². The fourth-order valence-corrected chi connectivity index (χ4v) is 3.63. The van der Waals surface area contributed by atoms with Crippen LogP contribution in [0.25, 0.3) is 22.4 Å². The number of benzene rings is 2. The summed E-state index contributed by atoms with van der Waals surface area (Å²) in [5, 5.41) is 7.46. The SMILES string of the molecule is Cc1cc(-c2c(F)cc(Cl)cc2-c2ccc3c(c2)CC[C@@H]3N)n[nH]1. The van der Waals surface area contributed by atoms with Crippen LogP contribution in [0, 0.1) is 12.7 Å². The first kappa shape index (κ1) is 15.4. The number of hydrogen-bond acceptors (Lipinski definition) is 2. The topological polar surface area (TPSA) is 54.7 Å². The Kier molecular flexibility index (Phi) is 3.66. The lowest BCUT2D eigenvalue weighted by Crippen LogP contribution is -2.04. The fraction of sp³-hybridized carbons (Fsp3) is 0.211. The summed E-state index contributed by atoms with van der Waals surface area (Å²) in [6.07, 6.45) is 1.90. The third-order valence-corrected chi connectivity index (χ3v) is 4.81. The summed E-state index contributed by atoms with van der Waals surface area (Å²) in [5.41, 5.74) is 12.1. The molecule has 0 fully saturated rings. The third kappa shape index (κ3) is 2.52. The molecule has 3 aromatic rings. The van der Waals surface area contributed by atoms with Crippen molar-refractivity contribution < 1.29 is 4.39 Å². The van der Waals surface area contributed by atoms with Crippen molar-refractivity contribution in [3.05, 3.63) is 64.1 Å². The van der Waals surface area contributed by atoms with Crippen molar-refractivity contribution in [2.24, 2.45) is 5.73 Å². The summed E-state index contributed by atoms with van der Waals surface area (Å²) in [6.45, 7) is 1.89. The number of aryl methyl sites for hydroxylation is 2. The van der Waals surface area contributed by atoms with Gasteiger partial charge in [-0.05, 0) is 60.2 Å². The molecule has 0 saturated heterocycles. The number of fused-ring (bicyclic) bond motifs is 1. The Labute approximate surface area is 144 Å². The van der Waals surface area contributed by atoms with Gasteiger partial charge in [-0.1, -0.05) is 29.8 Å². The lowest BCUT2D eigenvalue weighted by molar-refractivity contribution is 0.631. The van der Waals surface area contributed by atoms with Crippen LogP contribution in [0.5, 0.6) is 0 Å². The molecule has 1 aliphatic rings. The Balaban J connectivity index is 1.92. The molecule has 1 aromatic heterocycles. The number of H-pyrrole nitrogens is 1. The summed E-state index contributed by atoms with van der Waals surface area (Å²) < 4.78 is 14.7. The first-order valence-electron chi connectivity index (χ1n) is 7.93. The molecular formula is C19H17ClFN3. The van der Waals surface area contributed by atoms with E-state index in [1.807, 2.05) is 25.1 Å². The van der Waals surface area contributed by atoms with Crippen molar-refractivity contribution in [2.75, 3.05) is 0 Å². The largest absolute Gasteiger partial charge is 0.324 e. The van der Waals surface area contributed by atoms with Crippen molar-refractivity contribution in [3.63, 3.8) is 0 Å². The Morgan fingerprint density at radius 1 is 1.25 bits per heavy atom. The summed E-state index contributed by atoms with van der Waals surface area (Å²) in [5.74, 6) is -0.374. The normalized spacial score (nSPS) is 16.4. The van der Waals surface area contributed by atoms with E-state index in [1.54, 1.807) is 6.07 Å². The minimum atomic E-state index is -0.374. The minimum Gasteiger partial charge on any atom is -0.324 e. The number of nitrogens with zero attached hydrogens (tertiary/aromatic N) is 1. The number of rotatable bonds is 2. The highest BCUT2D eigenvalue weighted by Crippen LogP contribution is 2.39. The molecule has 0 unspecified atom stereocenters. The third-order valence-electron chi connectivity index (χ3n) is 4.60. The first-order valence-corrected chi connectivity index (χ1v) is 8.31. The predicted octanol–water partition coefficient (Wildman–Crippen LogP) is 4.79. The standard InChI is InChI=1S/C19H17ClFN3/c1-10-6-18(24-23-10)19-15(8-13(20)9-16(19)21)12-2-4-14-11(7-12)3-5-17(14)22/h2,4,6-9,17H,3,5,22H2,1H3,(H,23,24)/t17-/m0/s1. The van der Waals surface area contributed by atoms with E-state index in [0.717, 1.165) is 29.7 Å². The van der Waals surface area contributed by atoms with E-state index in [2.05, 4.69) is 16.3 Å². The second-order valence-electron chi connectivity index (χ2n) is 6.31. The molecule has 0 saturated carbocycles. The van der Waals surface area contributed by atoms with Gasteiger partial charge in [0.15, 0.2) is 0 Å². The lowest BCUT2D eigenvalue weighted by Gasteiger charge is -2.12. The molecule has 3 N–H and O–H groups in total. The monoisotopic (exact) mass is 341 g/mol. The number of aromatic nitrogens is 2. The minimum absolute atomic E-state index is 0.0959. The summed E-state index contributed by atoms with van der Waals surface area (Å²) >= 11 is 6.12. The van der Waals surface area contributed by atoms with E-state index in [4.69, 9.17) is 17.3 Å². The van der Waals surface area contributed by atoms with Crippen LogP contribution in [0.4, 0.5) is 4.39 Å². The van der Waals surface area contributed by atoms with E-state index >= 15 is 0 Å². The van der Waals surface area contributed by atoms with Gasteiger partial charge in [-0.25, -0.2) is 4.39 Å². The zero-order valence-electron chi connectivity index (χ0n) is 13.2. The van der Waals surface area contributed by atoms with E-state index in [9.17, 15) is 4.39 Å². The second-order valence-corrected chi connectivity index (χ2v) is 6.74. The van der Waals surface area contributed by atoms with Crippen molar-refractivity contribution in [2.45, 2.75) is 25.8 Å².